The quantitative estimate of drug-likeness (QED) is 0.893. The number of hydrogen-bond donors (Lipinski definition) is 1. The lowest BCUT2D eigenvalue weighted by Gasteiger charge is -2.38. The highest BCUT2D eigenvalue weighted by Crippen LogP contribution is 2.35. The van der Waals surface area contributed by atoms with Gasteiger partial charge in [-0.15, -0.1) is 0 Å². The van der Waals surface area contributed by atoms with Gasteiger partial charge in [-0.25, -0.2) is 0 Å². The zero-order chi connectivity index (χ0) is 16.8. The van der Waals surface area contributed by atoms with Crippen LogP contribution in [0.3, 0.4) is 0 Å². The largest absolute Gasteiger partial charge is 0.381 e. The molecule has 1 saturated heterocycles. The Balaban J connectivity index is 1.68. The van der Waals surface area contributed by atoms with Gasteiger partial charge in [0.25, 0.3) is 0 Å². The fourth-order valence-corrected chi connectivity index (χ4v) is 3.40. The van der Waals surface area contributed by atoms with Gasteiger partial charge in [0.1, 0.15) is 0 Å². The van der Waals surface area contributed by atoms with Crippen LogP contribution in [0, 0.1) is 11.3 Å². The van der Waals surface area contributed by atoms with Gasteiger partial charge in [0.2, 0.25) is 0 Å². The van der Waals surface area contributed by atoms with Crippen molar-refractivity contribution in [2.75, 3.05) is 19.8 Å². The lowest BCUT2D eigenvalue weighted by Crippen LogP contribution is -2.42. The fourth-order valence-electron chi connectivity index (χ4n) is 3.28. The van der Waals surface area contributed by atoms with Gasteiger partial charge in [-0.1, -0.05) is 35.9 Å². The second-order valence-corrected chi connectivity index (χ2v) is 6.75. The van der Waals surface area contributed by atoms with Crippen molar-refractivity contribution >= 4 is 11.6 Å². The molecule has 0 atom stereocenters. The number of ether oxygens (including phenoxy) is 1. The molecule has 1 aliphatic rings. The molecular formula is C20H21ClN2O. The first kappa shape index (κ1) is 17.0. The van der Waals surface area contributed by atoms with E-state index in [9.17, 15) is 0 Å². The third-order valence-electron chi connectivity index (χ3n) is 4.78. The number of benzene rings is 2. The number of hydrogen-bond acceptors (Lipinski definition) is 3. The molecule has 1 fully saturated rings. The monoisotopic (exact) mass is 340 g/mol. The molecule has 0 unspecified atom stereocenters. The summed E-state index contributed by atoms with van der Waals surface area (Å²) in [4.78, 5) is 0. The topological polar surface area (TPSA) is 45.0 Å². The van der Waals surface area contributed by atoms with E-state index in [-0.39, 0.29) is 5.41 Å². The molecule has 1 heterocycles. The Morgan fingerprint density at radius 2 is 1.71 bits per heavy atom. The lowest BCUT2D eigenvalue weighted by atomic mass is 9.74. The van der Waals surface area contributed by atoms with E-state index >= 15 is 0 Å². The highest BCUT2D eigenvalue weighted by Gasteiger charge is 2.34. The molecule has 0 bridgehead atoms. The minimum Gasteiger partial charge on any atom is -0.381 e. The number of rotatable bonds is 5. The van der Waals surface area contributed by atoms with E-state index in [0.29, 0.717) is 5.56 Å². The maximum atomic E-state index is 8.87. The van der Waals surface area contributed by atoms with Crippen LogP contribution in [0.1, 0.15) is 29.5 Å². The molecule has 2 aromatic rings. The van der Waals surface area contributed by atoms with Crippen LogP contribution >= 0.6 is 11.6 Å². The molecule has 0 aromatic heterocycles. The number of halogens is 1. The average molecular weight is 341 g/mol. The summed E-state index contributed by atoms with van der Waals surface area (Å²) in [6.07, 6.45) is 2.02. The van der Waals surface area contributed by atoms with Crippen LogP contribution in [-0.4, -0.2) is 19.8 Å². The molecule has 1 N–H and O–H groups in total. The summed E-state index contributed by atoms with van der Waals surface area (Å²) < 4.78 is 5.58. The summed E-state index contributed by atoms with van der Waals surface area (Å²) in [6, 6.07) is 18.1. The summed E-state index contributed by atoms with van der Waals surface area (Å²) in [5.74, 6) is 0. The Kier molecular flexibility index (Phi) is 5.52. The SMILES string of the molecule is N#Cc1ccc(CNCC2(c3ccc(Cl)cc3)CCOCC2)cc1. The van der Waals surface area contributed by atoms with E-state index in [1.54, 1.807) is 0 Å². The first-order chi connectivity index (χ1) is 11.7. The highest BCUT2D eigenvalue weighted by molar-refractivity contribution is 6.30. The summed E-state index contributed by atoms with van der Waals surface area (Å²) in [5, 5.41) is 13.2. The van der Waals surface area contributed by atoms with E-state index in [1.165, 1.54) is 11.1 Å². The molecule has 3 nitrogen and oxygen atoms in total. The van der Waals surface area contributed by atoms with Gasteiger partial charge < -0.3 is 10.1 Å². The number of nitrogens with one attached hydrogen (secondary N) is 1. The molecule has 0 saturated carbocycles. The Hall–Kier alpha value is -1.86. The molecule has 4 heteroatoms. The second kappa shape index (κ2) is 7.81. The van der Waals surface area contributed by atoms with Crippen molar-refractivity contribution in [3.8, 4) is 6.07 Å². The zero-order valence-electron chi connectivity index (χ0n) is 13.6. The van der Waals surface area contributed by atoms with Gasteiger partial charge >= 0.3 is 0 Å². The predicted molar refractivity (Wildman–Crippen MR) is 96.0 cm³/mol. The summed E-state index contributed by atoms with van der Waals surface area (Å²) in [6.45, 7) is 3.28. The molecule has 0 aliphatic carbocycles. The normalized spacial score (nSPS) is 16.5. The van der Waals surface area contributed by atoms with Gasteiger partial charge in [0, 0.05) is 36.7 Å². The Morgan fingerprint density at radius 1 is 1.04 bits per heavy atom. The molecule has 0 radical (unpaired) electrons. The maximum Gasteiger partial charge on any atom is 0.0991 e. The van der Waals surface area contributed by atoms with Crippen LogP contribution in [0.2, 0.25) is 5.02 Å². The van der Waals surface area contributed by atoms with Crippen molar-refractivity contribution in [2.24, 2.45) is 0 Å². The van der Waals surface area contributed by atoms with Crippen LogP contribution < -0.4 is 5.32 Å². The van der Waals surface area contributed by atoms with Crippen molar-refractivity contribution in [1.82, 2.24) is 5.32 Å². The van der Waals surface area contributed by atoms with Crippen LogP contribution in [0.5, 0.6) is 0 Å². The third-order valence-corrected chi connectivity index (χ3v) is 5.03. The number of nitrogens with zero attached hydrogens (tertiary/aromatic N) is 1. The Morgan fingerprint density at radius 3 is 2.33 bits per heavy atom. The van der Waals surface area contributed by atoms with E-state index in [0.717, 1.165) is 44.2 Å². The fraction of sp³-hybridized carbons (Fsp3) is 0.350. The molecule has 3 rings (SSSR count). The standard InChI is InChI=1S/C20H21ClN2O/c21-19-7-5-18(6-8-19)20(9-11-24-12-10-20)15-23-14-17-3-1-16(13-22)2-4-17/h1-8,23H,9-12,14-15H2. The number of nitriles is 1. The second-order valence-electron chi connectivity index (χ2n) is 6.31. The van der Waals surface area contributed by atoms with Crippen LogP contribution in [0.15, 0.2) is 48.5 Å². The average Bonchev–Trinajstić information content (AvgIpc) is 2.63. The third kappa shape index (κ3) is 3.96. The van der Waals surface area contributed by atoms with Gasteiger partial charge in [0.05, 0.1) is 11.6 Å². The van der Waals surface area contributed by atoms with Crippen LogP contribution in [0.25, 0.3) is 0 Å². The molecule has 1 aliphatic heterocycles. The van der Waals surface area contributed by atoms with Crippen LogP contribution in [-0.2, 0) is 16.7 Å². The Bertz CT molecular complexity index is 698. The molecule has 0 amide bonds. The van der Waals surface area contributed by atoms with Crippen molar-refractivity contribution in [2.45, 2.75) is 24.8 Å². The smallest absolute Gasteiger partial charge is 0.0991 e. The van der Waals surface area contributed by atoms with Gasteiger partial charge in [-0.3, -0.25) is 0 Å². The van der Waals surface area contributed by atoms with E-state index in [2.05, 4.69) is 23.5 Å². The van der Waals surface area contributed by atoms with Crippen molar-refractivity contribution in [1.29, 1.82) is 5.26 Å². The van der Waals surface area contributed by atoms with Gasteiger partial charge in [-0.2, -0.15) is 5.26 Å². The van der Waals surface area contributed by atoms with Crippen molar-refractivity contribution in [3.63, 3.8) is 0 Å². The lowest BCUT2D eigenvalue weighted by molar-refractivity contribution is 0.0498. The van der Waals surface area contributed by atoms with Gasteiger partial charge in [0.15, 0.2) is 0 Å². The zero-order valence-corrected chi connectivity index (χ0v) is 14.4. The maximum absolute atomic E-state index is 8.87. The first-order valence-corrected chi connectivity index (χ1v) is 8.63. The minimum atomic E-state index is 0.0927. The summed E-state index contributed by atoms with van der Waals surface area (Å²) in [5.41, 5.74) is 3.30. The summed E-state index contributed by atoms with van der Waals surface area (Å²) >= 11 is 6.04. The van der Waals surface area contributed by atoms with Crippen molar-refractivity contribution < 1.29 is 4.74 Å². The first-order valence-electron chi connectivity index (χ1n) is 8.25. The van der Waals surface area contributed by atoms with E-state index in [4.69, 9.17) is 21.6 Å². The Labute approximate surface area is 148 Å². The molecule has 0 spiro atoms. The van der Waals surface area contributed by atoms with E-state index < -0.39 is 0 Å². The predicted octanol–water partition coefficient (Wildman–Crippen LogP) is 4.05. The molecular weight excluding hydrogens is 320 g/mol. The van der Waals surface area contributed by atoms with Crippen molar-refractivity contribution in [3.05, 3.63) is 70.2 Å². The molecule has 2 aromatic carbocycles. The highest BCUT2D eigenvalue weighted by atomic mass is 35.5. The summed E-state index contributed by atoms with van der Waals surface area (Å²) in [7, 11) is 0. The molecule has 124 valence electrons. The van der Waals surface area contributed by atoms with Gasteiger partial charge in [-0.05, 0) is 48.2 Å². The minimum absolute atomic E-state index is 0.0927. The van der Waals surface area contributed by atoms with E-state index in [1.807, 2.05) is 36.4 Å². The van der Waals surface area contributed by atoms with Crippen LogP contribution in [0.4, 0.5) is 0 Å². The molecule has 24 heavy (non-hydrogen) atoms.